The number of benzene rings is 2. The topological polar surface area (TPSA) is 83.6 Å². The average Bonchev–Trinajstić information content (AvgIpc) is 2.83. The van der Waals surface area contributed by atoms with Gasteiger partial charge in [-0.3, -0.25) is 14.6 Å². The van der Waals surface area contributed by atoms with Gasteiger partial charge in [0.05, 0.1) is 0 Å². The molecule has 0 saturated heterocycles. The van der Waals surface area contributed by atoms with Crippen molar-refractivity contribution in [2.75, 3.05) is 26.0 Å². The third kappa shape index (κ3) is 5.31. The quantitative estimate of drug-likeness (QED) is 0.607. The van der Waals surface area contributed by atoms with E-state index in [0.29, 0.717) is 22.8 Å². The van der Waals surface area contributed by atoms with Gasteiger partial charge in [-0.05, 0) is 72.9 Å². The van der Waals surface area contributed by atoms with Gasteiger partial charge in [-0.15, -0.1) is 0 Å². The Bertz CT molecular complexity index is 1160. The van der Waals surface area contributed by atoms with Crippen LogP contribution in [0.1, 0.15) is 38.4 Å². The van der Waals surface area contributed by atoms with Crippen molar-refractivity contribution in [3.63, 3.8) is 0 Å². The van der Waals surface area contributed by atoms with Crippen LogP contribution in [0.2, 0.25) is 0 Å². The van der Waals surface area contributed by atoms with E-state index in [-0.39, 0.29) is 17.9 Å². The summed E-state index contributed by atoms with van der Waals surface area (Å²) in [5, 5.41) is 5.73. The first-order valence-electron chi connectivity index (χ1n) is 11.0. The maximum Gasteiger partial charge on any atom is 0.269 e. The molecule has 4 rings (SSSR count). The maximum absolute atomic E-state index is 12.7. The highest BCUT2D eigenvalue weighted by atomic mass is 16.5. The lowest BCUT2D eigenvalue weighted by Crippen LogP contribution is -2.38. The van der Waals surface area contributed by atoms with Crippen molar-refractivity contribution in [1.29, 1.82) is 0 Å². The van der Waals surface area contributed by atoms with E-state index >= 15 is 0 Å². The fraction of sp³-hybridized carbons (Fsp3) is 0.269. The maximum atomic E-state index is 12.7. The predicted molar refractivity (Wildman–Crippen MR) is 128 cm³/mol. The highest BCUT2D eigenvalue weighted by Gasteiger charge is 2.21. The number of amides is 2. The minimum Gasteiger partial charge on any atom is -0.457 e. The molecule has 1 aromatic heterocycles. The van der Waals surface area contributed by atoms with Crippen molar-refractivity contribution in [2.24, 2.45) is 0 Å². The number of aryl methyl sites for hydroxylation is 1. The number of ether oxygens (including phenoxy) is 1. The molecule has 170 valence electrons. The third-order valence-electron chi connectivity index (χ3n) is 5.81. The number of nitrogens with one attached hydrogen (secondary N) is 2. The van der Waals surface area contributed by atoms with Crippen LogP contribution in [-0.4, -0.2) is 44.0 Å². The van der Waals surface area contributed by atoms with Gasteiger partial charge in [0.1, 0.15) is 17.2 Å². The summed E-state index contributed by atoms with van der Waals surface area (Å²) >= 11 is 0. The van der Waals surface area contributed by atoms with Gasteiger partial charge in [-0.2, -0.15) is 0 Å². The lowest BCUT2D eigenvalue weighted by molar-refractivity contribution is 0.0931. The highest BCUT2D eigenvalue weighted by molar-refractivity contribution is 5.94. The van der Waals surface area contributed by atoms with Gasteiger partial charge < -0.3 is 20.3 Å². The zero-order chi connectivity index (χ0) is 23.4. The summed E-state index contributed by atoms with van der Waals surface area (Å²) in [7, 11) is 5.51. The van der Waals surface area contributed by atoms with Gasteiger partial charge in [0.2, 0.25) is 0 Å². The number of carbonyl (C=O) groups is 2. The number of nitrogens with zero attached hydrogens (tertiary/aromatic N) is 2. The van der Waals surface area contributed by atoms with Crippen molar-refractivity contribution in [3.8, 4) is 11.5 Å². The first-order valence-corrected chi connectivity index (χ1v) is 11.0. The molecule has 0 spiro atoms. The van der Waals surface area contributed by atoms with Crippen molar-refractivity contribution in [2.45, 2.75) is 25.3 Å². The fourth-order valence-electron chi connectivity index (χ4n) is 3.96. The Labute approximate surface area is 193 Å². The normalized spacial score (nSPS) is 14.7. The number of rotatable bonds is 6. The van der Waals surface area contributed by atoms with E-state index in [1.807, 2.05) is 55.4 Å². The first-order chi connectivity index (χ1) is 15.9. The molecule has 1 atom stereocenters. The number of carbonyl (C=O) groups excluding carboxylic acids is 2. The Morgan fingerprint density at radius 3 is 2.45 bits per heavy atom. The van der Waals surface area contributed by atoms with Crippen LogP contribution in [0, 0.1) is 0 Å². The molecular weight excluding hydrogens is 416 g/mol. The van der Waals surface area contributed by atoms with Crippen LogP contribution in [0.15, 0.2) is 60.8 Å². The molecule has 0 bridgehead atoms. The lowest BCUT2D eigenvalue weighted by atomic mass is 9.88. The minimum atomic E-state index is -0.263. The second-order valence-electron chi connectivity index (χ2n) is 8.34. The van der Waals surface area contributed by atoms with Gasteiger partial charge in [-0.1, -0.05) is 6.07 Å². The molecule has 7 nitrogen and oxygen atoms in total. The number of pyridine rings is 1. The molecule has 2 N–H and O–H groups in total. The molecular formula is C26H28N4O3. The summed E-state index contributed by atoms with van der Waals surface area (Å²) in [4.78, 5) is 30.6. The summed E-state index contributed by atoms with van der Waals surface area (Å²) in [5.74, 6) is 0.917. The molecule has 1 aliphatic carbocycles. The second-order valence-corrected chi connectivity index (χ2v) is 8.34. The van der Waals surface area contributed by atoms with E-state index < -0.39 is 0 Å². The summed E-state index contributed by atoms with van der Waals surface area (Å²) in [6.45, 7) is 0. The molecule has 0 saturated carbocycles. The number of hydrogen-bond acceptors (Lipinski definition) is 5. The van der Waals surface area contributed by atoms with Crippen molar-refractivity contribution >= 4 is 17.5 Å². The third-order valence-corrected chi connectivity index (χ3v) is 5.81. The zero-order valence-corrected chi connectivity index (χ0v) is 19.1. The number of anilines is 1. The van der Waals surface area contributed by atoms with Gasteiger partial charge in [0, 0.05) is 50.7 Å². The van der Waals surface area contributed by atoms with Crippen LogP contribution in [0.4, 0.5) is 5.69 Å². The van der Waals surface area contributed by atoms with Crippen LogP contribution in [0.25, 0.3) is 0 Å². The van der Waals surface area contributed by atoms with Crippen molar-refractivity contribution in [3.05, 3.63) is 83.2 Å². The van der Waals surface area contributed by atoms with Crippen LogP contribution < -0.4 is 20.3 Å². The summed E-state index contributed by atoms with van der Waals surface area (Å²) in [6.07, 6.45) is 4.09. The SMILES string of the molecule is CNC(=O)c1cc(Oc2ccc3c(c2)CC(NC(=O)c2ccc(N(C)C)cc2)CC3)ccn1. The number of fused-ring (bicyclic) bond motifs is 1. The first kappa shape index (κ1) is 22.3. The molecule has 0 fully saturated rings. The van der Waals surface area contributed by atoms with Crippen LogP contribution in [0.5, 0.6) is 11.5 Å². The van der Waals surface area contributed by atoms with Gasteiger partial charge in [0.15, 0.2) is 0 Å². The summed E-state index contributed by atoms with van der Waals surface area (Å²) < 4.78 is 5.98. The average molecular weight is 445 g/mol. The molecule has 3 aromatic rings. The molecule has 0 radical (unpaired) electrons. The molecule has 33 heavy (non-hydrogen) atoms. The van der Waals surface area contributed by atoms with Gasteiger partial charge >= 0.3 is 0 Å². The molecule has 1 aliphatic rings. The minimum absolute atomic E-state index is 0.0559. The summed E-state index contributed by atoms with van der Waals surface area (Å²) in [5.41, 5.74) is 4.45. The number of hydrogen-bond donors (Lipinski definition) is 2. The van der Waals surface area contributed by atoms with E-state index in [2.05, 4.69) is 21.7 Å². The Morgan fingerprint density at radius 2 is 1.73 bits per heavy atom. The van der Waals surface area contributed by atoms with E-state index in [1.165, 1.54) is 5.56 Å². The molecule has 1 unspecified atom stereocenters. The molecule has 2 amide bonds. The Hall–Kier alpha value is -3.87. The van der Waals surface area contributed by atoms with Gasteiger partial charge in [-0.25, -0.2) is 0 Å². The molecule has 2 aromatic carbocycles. The fourth-order valence-corrected chi connectivity index (χ4v) is 3.96. The largest absolute Gasteiger partial charge is 0.457 e. The van der Waals surface area contributed by atoms with E-state index in [9.17, 15) is 9.59 Å². The van der Waals surface area contributed by atoms with E-state index in [4.69, 9.17) is 4.74 Å². The second kappa shape index (κ2) is 9.73. The highest BCUT2D eigenvalue weighted by Crippen LogP contribution is 2.29. The van der Waals surface area contributed by atoms with Gasteiger partial charge in [0.25, 0.3) is 11.8 Å². The summed E-state index contributed by atoms with van der Waals surface area (Å²) in [6, 6.07) is 17.0. The van der Waals surface area contributed by atoms with Crippen molar-refractivity contribution < 1.29 is 14.3 Å². The lowest BCUT2D eigenvalue weighted by Gasteiger charge is -2.26. The Balaban J connectivity index is 1.43. The molecule has 0 aliphatic heterocycles. The Morgan fingerprint density at radius 1 is 0.970 bits per heavy atom. The van der Waals surface area contributed by atoms with E-state index in [1.54, 1.807) is 25.4 Å². The molecule has 7 heteroatoms. The van der Waals surface area contributed by atoms with Crippen LogP contribution in [0.3, 0.4) is 0 Å². The zero-order valence-electron chi connectivity index (χ0n) is 19.1. The monoisotopic (exact) mass is 444 g/mol. The number of aromatic nitrogens is 1. The Kier molecular flexibility index (Phi) is 6.58. The van der Waals surface area contributed by atoms with Crippen LogP contribution >= 0.6 is 0 Å². The van der Waals surface area contributed by atoms with Crippen molar-refractivity contribution in [1.82, 2.24) is 15.6 Å². The smallest absolute Gasteiger partial charge is 0.269 e. The standard InChI is InChI=1S/C26H28N4O3/c1-27-26(32)24-16-23(12-13-28-24)33-22-11-7-17-4-8-20(14-19(17)15-22)29-25(31)18-5-9-21(10-6-18)30(2)3/h5-7,9-13,15-16,20H,4,8,14H2,1-3H3,(H,27,32)(H,29,31). The van der Waals surface area contributed by atoms with E-state index in [0.717, 1.165) is 30.5 Å². The van der Waals surface area contributed by atoms with Crippen LogP contribution in [-0.2, 0) is 12.8 Å². The molecule has 1 heterocycles. The predicted octanol–water partition coefficient (Wildman–Crippen LogP) is 3.59.